The number of hydrogen-bond donors (Lipinski definition) is 2. The van der Waals surface area contributed by atoms with Crippen molar-refractivity contribution in [2.75, 3.05) is 39.3 Å². The second-order valence-corrected chi connectivity index (χ2v) is 9.39. The highest BCUT2D eigenvalue weighted by Gasteiger charge is 2.20. The number of guanidine groups is 1. The van der Waals surface area contributed by atoms with Crippen LogP contribution in [-0.2, 0) is 6.42 Å². The van der Waals surface area contributed by atoms with Gasteiger partial charge in [0, 0.05) is 44.0 Å². The van der Waals surface area contributed by atoms with Crippen LogP contribution in [0.15, 0.2) is 4.99 Å². The number of hydrogen-bond acceptors (Lipinski definition) is 4. The molecule has 2 atom stereocenters. The number of unbranched alkanes of at least 4 members (excludes halogenated alkanes) is 1. The Morgan fingerprint density at radius 3 is 2.56 bits per heavy atom. The van der Waals surface area contributed by atoms with Crippen LogP contribution in [-0.4, -0.2) is 55.1 Å². The zero-order valence-corrected chi connectivity index (χ0v) is 18.8. The van der Waals surface area contributed by atoms with E-state index in [1.165, 1.54) is 42.4 Å². The third-order valence-electron chi connectivity index (χ3n) is 5.15. The van der Waals surface area contributed by atoms with Gasteiger partial charge >= 0.3 is 0 Å². The van der Waals surface area contributed by atoms with Crippen LogP contribution < -0.4 is 10.6 Å². The molecule has 1 fully saturated rings. The number of nitrogens with zero attached hydrogens (tertiary/aromatic N) is 3. The first-order chi connectivity index (χ1) is 13.0. The third kappa shape index (κ3) is 8.18. The molecule has 5 nitrogen and oxygen atoms in total. The fourth-order valence-corrected chi connectivity index (χ4v) is 4.82. The van der Waals surface area contributed by atoms with Crippen LogP contribution in [0.3, 0.4) is 0 Å². The minimum Gasteiger partial charge on any atom is -0.357 e. The number of nitrogens with one attached hydrogen (secondary N) is 2. The van der Waals surface area contributed by atoms with Gasteiger partial charge in [0.25, 0.3) is 0 Å². The van der Waals surface area contributed by atoms with Gasteiger partial charge < -0.3 is 15.5 Å². The summed E-state index contributed by atoms with van der Waals surface area (Å²) in [7, 11) is 0. The van der Waals surface area contributed by atoms with Gasteiger partial charge in [-0.25, -0.2) is 4.98 Å². The summed E-state index contributed by atoms with van der Waals surface area (Å²) in [5, 5.41) is 8.00. The van der Waals surface area contributed by atoms with Crippen molar-refractivity contribution in [2.45, 2.75) is 60.3 Å². The Balaban J connectivity index is 1.65. The molecule has 1 aliphatic heterocycles. The number of likely N-dealkylation sites (tertiary alicyclic amines) is 1. The van der Waals surface area contributed by atoms with Crippen molar-refractivity contribution in [1.82, 2.24) is 20.5 Å². The topological polar surface area (TPSA) is 52.6 Å². The molecule has 0 bridgehead atoms. The van der Waals surface area contributed by atoms with Crippen molar-refractivity contribution in [3.05, 3.63) is 15.6 Å². The summed E-state index contributed by atoms with van der Waals surface area (Å²) in [4.78, 5) is 13.3. The van der Waals surface area contributed by atoms with Gasteiger partial charge in [-0.15, -0.1) is 11.3 Å². The van der Waals surface area contributed by atoms with Crippen molar-refractivity contribution in [1.29, 1.82) is 0 Å². The van der Waals surface area contributed by atoms with Crippen molar-refractivity contribution in [3.8, 4) is 0 Å². The average Bonchev–Trinajstić information content (AvgIpc) is 2.91. The number of aliphatic imine (C=N–C) groups is 1. The highest BCUT2D eigenvalue weighted by Crippen LogP contribution is 2.21. The lowest BCUT2D eigenvalue weighted by Gasteiger charge is -2.34. The highest BCUT2D eigenvalue weighted by molar-refractivity contribution is 7.11. The first kappa shape index (κ1) is 22.2. The predicted octanol–water partition coefficient (Wildman–Crippen LogP) is 3.62. The van der Waals surface area contributed by atoms with E-state index in [2.05, 4.69) is 55.1 Å². The lowest BCUT2D eigenvalue weighted by atomic mass is 9.92. The van der Waals surface area contributed by atoms with Crippen LogP contribution >= 0.6 is 11.3 Å². The van der Waals surface area contributed by atoms with E-state index in [0.717, 1.165) is 56.0 Å². The smallest absolute Gasteiger partial charge is 0.191 e. The molecular weight excluding hydrogens is 354 g/mol. The third-order valence-corrected chi connectivity index (χ3v) is 6.28. The fourth-order valence-electron chi connectivity index (χ4n) is 3.89. The average molecular weight is 394 g/mol. The molecule has 6 heteroatoms. The van der Waals surface area contributed by atoms with Crippen LogP contribution in [0.1, 0.15) is 55.6 Å². The minimum atomic E-state index is 0.849. The molecule has 2 unspecified atom stereocenters. The molecule has 0 saturated carbocycles. The van der Waals surface area contributed by atoms with Crippen LogP contribution in [0.2, 0.25) is 0 Å². The fraction of sp³-hybridized carbons (Fsp3) is 0.810. The van der Waals surface area contributed by atoms with Crippen LogP contribution in [0, 0.1) is 25.7 Å². The number of rotatable bonds is 9. The largest absolute Gasteiger partial charge is 0.357 e. The first-order valence-electron chi connectivity index (χ1n) is 10.6. The monoisotopic (exact) mass is 393 g/mol. The molecule has 0 aromatic carbocycles. The second-order valence-electron chi connectivity index (χ2n) is 8.10. The van der Waals surface area contributed by atoms with Gasteiger partial charge in [0.05, 0.1) is 10.7 Å². The van der Waals surface area contributed by atoms with Crippen molar-refractivity contribution >= 4 is 17.3 Å². The maximum atomic E-state index is 4.74. The SMILES string of the molecule is CCNC(=NCCCCN1CC(C)CC(C)C1)NCCc1nc(C)c(C)s1. The standard InChI is InChI=1S/C21H39N5S/c1-6-22-21(24-11-9-20-25-18(4)19(5)27-20)23-10-7-8-12-26-14-16(2)13-17(3)15-26/h16-17H,6-15H2,1-5H3,(H2,22,23,24). The van der Waals surface area contributed by atoms with E-state index in [4.69, 9.17) is 4.99 Å². The second kappa shape index (κ2) is 11.6. The lowest BCUT2D eigenvalue weighted by Crippen LogP contribution is -2.39. The predicted molar refractivity (Wildman–Crippen MR) is 118 cm³/mol. The molecule has 0 aliphatic carbocycles. The zero-order chi connectivity index (χ0) is 19.6. The molecule has 0 amide bonds. The van der Waals surface area contributed by atoms with Crippen molar-refractivity contribution in [3.63, 3.8) is 0 Å². The number of thiazole rings is 1. The van der Waals surface area contributed by atoms with Gasteiger partial charge in [0.2, 0.25) is 0 Å². The molecule has 2 N–H and O–H groups in total. The zero-order valence-electron chi connectivity index (χ0n) is 18.0. The molecule has 154 valence electrons. The van der Waals surface area contributed by atoms with Gasteiger partial charge in [0.1, 0.15) is 0 Å². The molecule has 2 heterocycles. The molecule has 1 saturated heterocycles. The lowest BCUT2D eigenvalue weighted by molar-refractivity contribution is 0.139. The summed E-state index contributed by atoms with van der Waals surface area (Å²) in [5.41, 5.74) is 1.16. The quantitative estimate of drug-likeness (QED) is 0.382. The van der Waals surface area contributed by atoms with Crippen LogP contribution in [0.5, 0.6) is 0 Å². The van der Waals surface area contributed by atoms with E-state index in [9.17, 15) is 0 Å². The van der Waals surface area contributed by atoms with Crippen LogP contribution in [0.4, 0.5) is 0 Å². The van der Waals surface area contributed by atoms with Gasteiger partial charge in [-0.1, -0.05) is 13.8 Å². The van der Waals surface area contributed by atoms with Crippen molar-refractivity contribution in [2.24, 2.45) is 16.8 Å². The highest BCUT2D eigenvalue weighted by atomic mass is 32.1. The number of piperidine rings is 1. The number of aromatic nitrogens is 1. The molecule has 0 radical (unpaired) electrons. The molecule has 1 aromatic heterocycles. The summed E-state index contributed by atoms with van der Waals surface area (Å²) < 4.78 is 0. The summed E-state index contributed by atoms with van der Waals surface area (Å²) in [5.74, 6) is 2.63. The minimum absolute atomic E-state index is 0.849. The normalized spacial score (nSPS) is 21.4. The van der Waals surface area contributed by atoms with Gasteiger partial charge in [-0.05, 0) is 58.4 Å². The Morgan fingerprint density at radius 2 is 1.93 bits per heavy atom. The van der Waals surface area contributed by atoms with Crippen LogP contribution in [0.25, 0.3) is 0 Å². The summed E-state index contributed by atoms with van der Waals surface area (Å²) in [6, 6.07) is 0. The van der Waals surface area contributed by atoms with E-state index >= 15 is 0 Å². The van der Waals surface area contributed by atoms with E-state index in [1.54, 1.807) is 11.3 Å². The summed E-state index contributed by atoms with van der Waals surface area (Å²) in [6.45, 7) is 17.5. The Bertz CT molecular complexity index is 554. The molecular formula is C21H39N5S. The summed E-state index contributed by atoms with van der Waals surface area (Å²) >= 11 is 1.80. The molecule has 1 aliphatic rings. The summed E-state index contributed by atoms with van der Waals surface area (Å²) in [6.07, 6.45) is 4.73. The van der Waals surface area contributed by atoms with Gasteiger partial charge in [-0.3, -0.25) is 4.99 Å². The van der Waals surface area contributed by atoms with E-state index < -0.39 is 0 Å². The van der Waals surface area contributed by atoms with Gasteiger partial charge in [0.15, 0.2) is 5.96 Å². The Labute approximate surface area is 170 Å². The Kier molecular flexibility index (Phi) is 9.56. The molecule has 27 heavy (non-hydrogen) atoms. The van der Waals surface area contributed by atoms with Gasteiger partial charge in [-0.2, -0.15) is 0 Å². The molecule has 2 rings (SSSR count). The Morgan fingerprint density at radius 1 is 1.19 bits per heavy atom. The van der Waals surface area contributed by atoms with E-state index in [-0.39, 0.29) is 0 Å². The first-order valence-corrected chi connectivity index (χ1v) is 11.5. The maximum Gasteiger partial charge on any atom is 0.191 e. The molecule has 1 aromatic rings. The van der Waals surface area contributed by atoms with E-state index in [1.807, 2.05) is 0 Å². The van der Waals surface area contributed by atoms with Crippen molar-refractivity contribution < 1.29 is 0 Å². The maximum absolute atomic E-state index is 4.74. The molecule has 0 spiro atoms. The Hall–Kier alpha value is -1.14. The van der Waals surface area contributed by atoms with E-state index in [0.29, 0.717) is 0 Å². The number of aryl methyl sites for hydroxylation is 2.